The summed E-state index contributed by atoms with van der Waals surface area (Å²) in [7, 11) is 0. The molecule has 0 aromatic carbocycles. The van der Waals surface area contributed by atoms with E-state index in [0.29, 0.717) is 0 Å². The number of pyridine rings is 1. The van der Waals surface area contributed by atoms with Gasteiger partial charge in [0, 0.05) is 18.8 Å². The minimum Gasteiger partial charge on any atom is -0.337 e. The summed E-state index contributed by atoms with van der Waals surface area (Å²) in [5.74, 6) is 6.31. The lowest BCUT2D eigenvalue weighted by Crippen LogP contribution is -2.35. The number of aryl methyl sites for hydroxylation is 1. The number of piperidine rings is 1. The van der Waals surface area contributed by atoms with Gasteiger partial charge in [-0.1, -0.05) is 23.6 Å². The summed E-state index contributed by atoms with van der Waals surface area (Å²) in [6, 6.07) is 9.65. The molecule has 4 heteroatoms. The smallest absolute Gasteiger partial charge is 0.263 e. The van der Waals surface area contributed by atoms with Crippen LogP contribution >= 0.6 is 11.3 Å². The monoisotopic (exact) mass is 322 g/mol. The Morgan fingerprint density at radius 1 is 1.26 bits per heavy atom. The molecule has 0 unspecified atom stereocenters. The number of amides is 1. The van der Waals surface area contributed by atoms with Crippen LogP contribution < -0.4 is 0 Å². The van der Waals surface area contributed by atoms with Crippen LogP contribution in [0.1, 0.15) is 33.9 Å². The molecule has 1 aliphatic rings. The summed E-state index contributed by atoms with van der Waals surface area (Å²) in [6.45, 7) is 3.50. The largest absolute Gasteiger partial charge is 0.337 e. The first-order chi connectivity index (χ1) is 11.2. The van der Waals surface area contributed by atoms with E-state index in [4.69, 9.17) is 0 Å². The second-order valence-electron chi connectivity index (χ2n) is 5.51. The lowest BCUT2D eigenvalue weighted by atomic mass is 10.0. The molecule has 1 saturated heterocycles. The molecule has 2 aromatic rings. The number of carbonyl (C=O) groups excluding carboxylic acids is 1. The molecule has 0 aliphatic carbocycles. The third-order valence-corrected chi connectivity index (χ3v) is 4.65. The van der Waals surface area contributed by atoms with Crippen LogP contribution in [0.15, 0.2) is 47.4 Å². The molecule has 1 fully saturated rings. The van der Waals surface area contributed by atoms with Gasteiger partial charge in [0.2, 0.25) is 0 Å². The standard InChI is InChI=1S/C19H18N2OS/c1-15-5-2-7-17(20-15)8-3-6-16-10-12-21(13-11-16)19(22)18-9-4-14-23-18/h2,4-7,9,14H,10-13H2,1H3. The summed E-state index contributed by atoms with van der Waals surface area (Å²) in [6.07, 6.45) is 3.77. The number of nitrogens with zero attached hydrogens (tertiary/aromatic N) is 2. The van der Waals surface area contributed by atoms with Crippen molar-refractivity contribution in [1.82, 2.24) is 9.88 Å². The Morgan fingerprint density at radius 3 is 2.78 bits per heavy atom. The molecule has 23 heavy (non-hydrogen) atoms. The number of rotatable bonds is 1. The van der Waals surface area contributed by atoms with Crippen LogP contribution in [0.2, 0.25) is 0 Å². The van der Waals surface area contributed by atoms with Gasteiger partial charge < -0.3 is 4.90 Å². The predicted octanol–water partition coefficient (Wildman–Crippen LogP) is 3.67. The van der Waals surface area contributed by atoms with E-state index in [1.807, 2.05) is 53.6 Å². The highest BCUT2D eigenvalue weighted by Crippen LogP contribution is 2.19. The van der Waals surface area contributed by atoms with Crippen molar-refractivity contribution in [2.75, 3.05) is 13.1 Å². The van der Waals surface area contributed by atoms with Gasteiger partial charge in [0.25, 0.3) is 5.91 Å². The van der Waals surface area contributed by atoms with Gasteiger partial charge in [0.1, 0.15) is 5.69 Å². The summed E-state index contributed by atoms with van der Waals surface area (Å²) in [5, 5.41) is 1.94. The molecule has 0 bridgehead atoms. The number of hydrogen-bond donors (Lipinski definition) is 0. The van der Waals surface area contributed by atoms with Gasteiger partial charge in [0.05, 0.1) is 4.88 Å². The zero-order valence-electron chi connectivity index (χ0n) is 13.1. The minimum absolute atomic E-state index is 0.147. The van der Waals surface area contributed by atoms with Crippen LogP contribution in [0.4, 0.5) is 0 Å². The first-order valence-electron chi connectivity index (χ1n) is 7.68. The van der Waals surface area contributed by atoms with Crippen LogP contribution in [0, 0.1) is 18.8 Å². The Balaban J connectivity index is 1.58. The van der Waals surface area contributed by atoms with Gasteiger partial charge in [-0.3, -0.25) is 4.79 Å². The van der Waals surface area contributed by atoms with Crippen molar-refractivity contribution in [3.8, 4) is 11.8 Å². The summed E-state index contributed by atoms with van der Waals surface area (Å²) >= 11 is 1.50. The molecule has 0 saturated carbocycles. The molecule has 1 aliphatic heterocycles. The lowest BCUT2D eigenvalue weighted by Gasteiger charge is -2.27. The maximum atomic E-state index is 12.3. The predicted molar refractivity (Wildman–Crippen MR) is 93.4 cm³/mol. The van der Waals surface area contributed by atoms with Gasteiger partial charge in [-0.25, -0.2) is 4.98 Å². The van der Waals surface area contributed by atoms with Crippen LogP contribution in [0.3, 0.4) is 0 Å². The van der Waals surface area contributed by atoms with E-state index in [9.17, 15) is 4.79 Å². The Kier molecular flexibility index (Phi) is 4.89. The van der Waals surface area contributed by atoms with Crippen LogP contribution in [0.25, 0.3) is 0 Å². The third-order valence-electron chi connectivity index (χ3n) is 3.79. The van der Waals surface area contributed by atoms with E-state index in [1.165, 1.54) is 16.9 Å². The quantitative estimate of drug-likeness (QED) is 0.751. The average molecular weight is 322 g/mol. The van der Waals surface area contributed by atoms with Crippen molar-refractivity contribution >= 4 is 17.2 Å². The van der Waals surface area contributed by atoms with E-state index in [-0.39, 0.29) is 5.91 Å². The van der Waals surface area contributed by atoms with Crippen LogP contribution in [-0.2, 0) is 0 Å². The Bertz CT molecular complexity index is 771. The molecular formula is C19H18N2OS. The fraction of sp³-hybridized carbons (Fsp3) is 0.263. The highest BCUT2D eigenvalue weighted by Gasteiger charge is 2.20. The van der Waals surface area contributed by atoms with Crippen molar-refractivity contribution in [1.29, 1.82) is 0 Å². The van der Waals surface area contributed by atoms with Gasteiger partial charge in [-0.15, -0.1) is 11.3 Å². The molecule has 1 amide bonds. The molecule has 0 atom stereocenters. The maximum Gasteiger partial charge on any atom is 0.263 e. The summed E-state index contributed by atoms with van der Waals surface area (Å²) in [5.41, 5.74) is 3.08. The number of allylic oxidation sites excluding steroid dienone is 1. The van der Waals surface area contributed by atoms with Crippen molar-refractivity contribution in [2.45, 2.75) is 19.8 Å². The lowest BCUT2D eigenvalue weighted by molar-refractivity contribution is 0.0748. The Labute approximate surface area is 140 Å². The second kappa shape index (κ2) is 7.26. The first-order valence-corrected chi connectivity index (χ1v) is 8.56. The molecule has 3 rings (SSSR count). The molecule has 3 heterocycles. The van der Waals surface area contributed by atoms with E-state index >= 15 is 0 Å². The fourth-order valence-corrected chi connectivity index (χ4v) is 3.21. The fourth-order valence-electron chi connectivity index (χ4n) is 2.52. The van der Waals surface area contributed by atoms with Crippen LogP contribution in [-0.4, -0.2) is 28.9 Å². The topological polar surface area (TPSA) is 33.2 Å². The summed E-state index contributed by atoms with van der Waals surface area (Å²) in [4.78, 5) is 19.4. The van der Waals surface area contributed by atoms with Crippen molar-refractivity contribution in [3.05, 3.63) is 63.6 Å². The molecular weight excluding hydrogens is 304 g/mol. The number of hydrogen-bond acceptors (Lipinski definition) is 3. The van der Waals surface area contributed by atoms with Gasteiger partial charge in [-0.2, -0.15) is 0 Å². The third kappa shape index (κ3) is 4.08. The molecule has 2 aromatic heterocycles. The average Bonchev–Trinajstić information content (AvgIpc) is 3.09. The second-order valence-corrected chi connectivity index (χ2v) is 6.45. The van der Waals surface area contributed by atoms with E-state index in [0.717, 1.165) is 42.2 Å². The van der Waals surface area contributed by atoms with Crippen molar-refractivity contribution in [3.63, 3.8) is 0 Å². The Hall–Kier alpha value is -2.38. The van der Waals surface area contributed by atoms with Gasteiger partial charge in [-0.05, 0) is 55.3 Å². The number of thiophene rings is 1. The number of aromatic nitrogens is 1. The molecule has 0 radical (unpaired) electrons. The number of carbonyl (C=O) groups is 1. The van der Waals surface area contributed by atoms with Crippen LogP contribution in [0.5, 0.6) is 0 Å². The molecule has 3 nitrogen and oxygen atoms in total. The van der Waals surface area contributed by atoms with E-state index in [2.05, 4.69) is 16.8 Å². The van der Waals surface area contributed by atoms with Gasteiger partial charge >= 0.3 is 0 Å². The highest BCUT2D eigenvalue weighted by atomic mass is 32.1. The maximum absolute atomic E-state index is 12.3. The van der Waals surface area contributed by atoms with Gasteiger partial charge in [0.15, 0.2) is 0 Å². The van der Waals surface area contributed by atoms with Crippen molar-refractivity contribution < 1.29 is 4.79 Å². The summed E-state index contributed by atoms with van der Waals surface area (Å²) < 4.78 is 0. The van der Waals surface area contributed by atoms with E-state index < -0.39 is 0 Å². The molecule has 0 spiro atoms. The zero-order valence-corrected chi connectivity index (χ0v) is 13.9. The van der Waals surface area contributed by atoms with E-state index in [1.54, 1.807) is 0 Å². The SMILES string of the molecule is Cc1cccc(C#CC=C2CCN(C(=O)c3cccs3)CC2)n1. The minimum atomic E-state index is 0.147. The highest BCUT2D eigenvalue weighted by molar-refractivity contribution is 7.12. The molecule has 116 valence electrons. The Morgan fingerprint density at radius 2 is 2.09 bits per heavy atom. The van der Waals surface area contributed by atoms with Crippen molar-refractivity contribution in [2.24, 2.45) is 0 Å². The normalized spacial score (nSPS) is 14.1. The number of likely N-dealkylation sites (tertiary alicyclic amines) is 1. The molecule has 0 N–H and O–H groups in total. The first kappa shape index (κ1) is 15.5. The zero-order chi connectivity index (χ0) is 16.1.